The first kappa shape index (κ1) is 21.3. The zero-order valence-electron chi connectivity index (χ0n) is 18.2. The second-order valence-electron chi connectivity index (χ2n) is 7.70. The molecule has 0 spiro atoms. The molecular weight excluding hydrogens is 404 g/mol. The van der Waals surface area contributed by atoms with Gasteiger partial charge in [-0.3, -0.25) is 19.5 Å². The molecule has 6 nitrogen and oxygen atoms in total. The van der Waals surface area contributed by atoms with E-state index in [0.717, 1.165) is 11.1 Å². The number of hydrogen-bond acceptors (Lipinski definition) is 5. The molecule has 162 valence electrons. The average molecular weight is 428 g/mol. The fraction of sp³-hybridized carbons (Fsp3) is 0.192. The molecule has 1 unspecified atom stereocenters. The first-order valence-corrected chi connectivity index (χ1v) is 10.4. The first-order valence-electron chi connectivity index (χ1n) is 10.4. The van der Waals surface area contributed by atoms with Crippen molar-refractivity contribution in [1.82, 2.24) is 4.98 Å². The number of Topliss-reactive ketones (excluding diaryl/α,β-unsaturated/α-hetero) is 1. The largest absolute Gasteiger partial charge is 0.507 e. The van der Waals surface area contributed by atoms with Crippen LogP contribution in [-0.4, -0.2) is 28.4 Å². The van der Waals surface area contributed by atoms with E-state index in [1.807, 2.05) is 32.9 Å². The lowest BCUT2D eigenvalue weighted by atomic mass is 9.95. The van der Waals surface area contributed by atoms with Crippen molar-refractivity contribution in [3.8, 4) is 5.75 Å². The molecule has 1 N–H and O–H groups in total. The van der Waals surface area contributed by atoms with Gasteiger partial charge in [-0.1, -0.05) is 23.8 Å². The van der Waals surface area contributed by atoms with E-state index < -0.39 is 17.7 Å². The van der Waals surface area contributed by atoms with Crippen molar-refractivity contribution in [3.05, 3.63) is 94.8 Å². The Morgan fingerprint density at radius 1 is 1.09 bits per heavy atom. The normalized spacial score (nSPS) is 17.6. The Kier molecular flexibility index (Phi) is 5.77. The lowest BCUT2D eigenvalue weighted by Crippen LogP contribution is -2.29. The van der Waals surface area contributed by atoms with Gasteiger partial charge in [-0.05, 0) is 68.3 Å². The van der Waals surface area contributed by atoms with Crippen LogP contribution in [0.5, 0.6) is 5.75 Å². The molecule has 3 aromatic rings. The van der Waals surface area contributed by atoms with E-state index in [4.69, 9.17) is 4.74 Å². The molecule has 2 heterocycles. The Labute approximate surface area is 186 Å². The maximum atomic E-state index is 13.2. The van der Waals surface area contributed by atoms with Crippen molar-refractivity contribution in [2.45, 2.75) is 26.8 Å². The van der Waals surface area contributed by atoms with Gasteiger partial charge in [0, 0.05) is 23.6 Å². The Hall–Kier alpha value is -3.93. The maximum Gasteiger partial charge on any atom is 0.300 e. The number of aliphatic hydroxyl groups is 1. The number of anilines is 1. The third-order valence-electron chi connectivity index (χ3n) is 5.50. The molecule has 1 atom stereocenters. The van der Waals surface area contributed by atoms with Crippen LogP contribution in [0.4, 0.5) is 5.69 Å². The predicted molar refractivity (Wildman–Crippen MR) is 123 cm³/mol. The summed E-state index contributed by atoms with van der Waals surface area (Å²) in [6.07, 6.45) is 3.23. The summed E-state index contributed by atoms with van der Waals surface area (Å²) in [5.41, 5.74) is 3.55. The molecule has 32 heavy (non-hydrogen) atoms. The second-order valence-corrected chi connectivity index (χ2v) is 7.70. The lowest BCUT2D eigenvalue weighted by molar-refractivity contribution is -0.132. The van der Waals surface area contributed by atoms with Crippen molar-refractivity contribution in [1.29, 1.82) is 0 Å². The Balaban J connectivity index is 1.89. The molecule has 0 bridgehead atoms. The molecule has 1 aliphatic rings. The number of aryl methyl sites for hydroxylation is 2. The van der Waals surface area contributed by atoms with Crippen LogP contribution in [-0.2, 0) is 9.59 Å². The summed E-state index contributed by atoms with van der Waals surface area (Å²) in [6, 6.07) is 15.3. The number of amides is 1. The quantitative estimate of drug-likeness (QED) is 0.361. The van der Waals surface area contributed by atoms with Gasteiger partial charge in [0.1, 0.15) is 11.5 Å². The fourth-order valence-electron chi connectivity index (χ4n) is 3.93. The summed E-state index contributed by atoms with van der Waals surface area (Å²) in [5, 5.41) is 11.2. The zero-order valence-corrected chi connectivity index (χ0v) is 18.2. The highest BCUT2D eigenvalue weighted by Gasteiger charge is 2.47. The number of rotatable bonds is 5. The lowest BCUT2D eigenvalue weighted by Gasteiger charge is -2.25. The van der Waals surface area contributed by atoms with Gasteiger partial charge < -0.3 is 9.84 Å². The van der Waals surface area contributed by atoms with Crippen molar-refractivity contribution in [2.75, 3.05) is 11.5 Å². The second kappa shape index (κ2) is 8.67. The van der Waals surface area contributed by atoms with Crippen LogP contribution in [0.3, 0.4) is 0 Å². The smallest absolute Gasteiger partial charge is 0.300 e. The SMILES string of the molecule is CCOc1ccc(/C(O)=C2/C(=O)C(=O)N(c3ccc(C)cc3)C2c2cccnc2)cc1C. The van der Waals surface area contributed by atoms with Gasteiger partial charge in [-0.25, -0.2) is 0 Å². The van der Waals surface area contributed by atoms with Crippen molar-refractivity contribution in [2.24, 2.45) is 0 Å². The number of aromatic nitrogens is 1. The monoisotopic (exact) mass is 428 g/mol. The van der Waals surface area contributed by atoms with Gasteiger partial charge in [0.05, 0.1) is 18.2 Å². The summed E-state index contributed by atoms with van der Waals surface area (Å²) in [5.74, 6) is -0.943. The molecule has 1 fully saturated rings. The van der Waals surface area contributed by atoms with E-state index in [9.17, 15) is 14.7 Å². The molecule has 1 aliphatic heterocycles. The van der Waals surface area contributed by atoms with Crippen molar-refractivity contribution < 1.29 is 19.4 Å². The number of nitrogens with zero attached hydrogens (tertiary/aromatic N) is 2. The number of ether oxygens (including phenoxy) is 1. The van der Waals surface area contributed by atoms with E-state index in [1.165, 1.54) is 4.90 Å². The zero-order chi connectivity index (χ0) is 22.8. The van der Waals surface area contributed by atoms with E-state index >= 15 is 0 Å². The van der Waals surface area contributed by atoms with E-state index in [0.29, 0.717) is 29.2 Å². The third kappa shape index (κ3) is 3.75. The minimum atomic E-state index is -0.793. The number of pyridine rings is 1. The number of carbonyl (C=O) groups is 2. The van der Waals surface area contributed by atoms with E-state index in [1.54, 1.807) is 54.9 Å². The van der Waals surface area contributed by atoms with Crippen molar-refractivity contribution in [3.63, 3.8) is 0 Å². The molecule has 2 aromatic carbocycles. The summed E-state index contributed by atoms with van der Waals surface area (Å²) in [7, 11) is 0. The minimum Gasteiger partial charge on any atom is -0.507 e. The highest BCUT2D eigenvalue weighted by atomic mass is 16.5. The highest BCUT2D eigenvalue weighted by molar-refractivity contribution is 6.51. The predicted octanol–water partition coefficient (Wildman–Crippen LogP) is 4.72. The molecule has 6 heteroatoms. The fourth-order valence-corrected chi connectivity index (χ4v) is 3.93. The first-order chi connectivity index (χ1) is 15.4. The molecular formula is C26H24N2O4. The van der Waals surface area contributed by atoms with Crippen molar-refractivity contribution >= 4 is 23.1 Å². The van der Waals surface area contributed by atoms with E-state index in [2.05, 4.69) is 4.98 Å². The van der Waals surface area contributed by atoms with Gasteiger partial charge in [0.2, 0.25) is 0 Å². The van der Waals surface area contributed by atoms with Crippen LogP contribution in [0.25, 0.3) is 5.76 Å². The molecule has 0 aliphatic carbocycles. The van der Waals surface area contributed by atoms with Gasteiger partial charge in [0.25, 0.3) is 11.7 Å². The van der Waals surface area contributed by atoms with Crippen LogP contribution >= 0.6 is 0 Å². The topological polar surface area (TPSA) is 79.7 Å². The van der Waals surface area contributed by atoms with Crippen LogP contribution in [0, 0.1) is 13.8 Å². The molecule has 0 saturated carbocycles. The van der Waals surface area contributed by atoms with Crippen LogP contribution in [0.1, 0.15) is 35.2 Å². The number of ketones is 1. The number of carbonyl (C=O) groups excluding carboxylic acids is 2. The molecule has 4 rings (SSSR count). The summed E-state index contributed by atoms with van der Waals surface area (Å²) >= 11 is 0. The number of hydrogen-bond donors (Lipinski definition) is 1. The molecule has 0 radical (unpaired) electrons. The maximum absolute atomic E-state index is 13.2. The molecule has 1 saturated heterocycles. The summed E-state index contributed by atoms with van der Waals surface area (Å²) < 4.78 is 5.57. The summed E-state index contributed by atoms with van der Waals surface area (Å²) in [4.78, 5) is 31.9. The average Bonchev–Trinajstić information content (AvgIpc) is 3.06. The highest BCUT2D eigenvalue weighted by Crippen LogP contribution is 2.42. The molecule has 1 aromatic heterocycles. The van der Waals surface area contributed by atoms with Crippen LogP contribution in [0.15, 0.2) is 72.6 Å². The van der Waals surface area contributed by atoms with Gasteiger partial charge in [0.15, 0.2) is 0 Å². The Morgan fingerprint density at radius 3 is 2.47 bits per heavy atom. The van der Waals surface area contributed by atoms with Gasteiger partial charge in [-0.2, -0.15) is 0 Å². The third-order valence-corrected chi connectivity index (χ3v) is 5.50. The van der Waals surface area contributed by atoms with Gasteiger partial charge >= 0.3 is 0 Å². The summed E-state index contributed by atoms with van der Waals surface area (Å²) in [6.45, 7) is 6.23. The number of aliphatic hydroxyl groups excluding tert-OH is 1. The van der Waals surface area contributed by atoms with Crippen LogP contribution < -0.4 is 9.64 Å². The van der Waals surface area contributed by atoms with Crippen LogP contribution in [0.2, 0.25) is 0 Å². The molecule has 1 amide bonds. The van der Waals surface area contributed by atoms with E-state index in [-0.39, 0.29) is 11.3 Å². The van der Waals surface area contributed by atoms with Gasteiger partial charge in [-0.15, -0.1) is 0 Å². The standard InChI is InChI=1S/C26H24N2O4/c1-4-32-21-12-9-18(14-17(21)3)24(29)22-23(19-6-5-13-27-15-19)28(26(31)25(22)30)20-10-7-16(2)8-11-20/h5-15,23,29H,4H2,1-3H3/b24-22-. The number of benzene rings is 2. The Bertz CT molecular complexity index is 1200. The Morgan fingerprint density at radius 2 is 1.84 bits per heavy atom. The minimum absolute atomic E-state index is 0.0344.